The Labute approximate surface area is 131 Å². The number of esters is 1. The zero-order valence-electron chi connectivity index (χ0n) is 13.0. The summed E-state index contributed by atoms with van der Waals surface area (Å²) >= 11 is 0. The molecule has 3 heteroatoms. The standard InChI is InChI=1S/C19H22O3/c1-2-3-4-8-15-21-17-11-13-18(14-12-17)22-19(20)16-9-6-5-7-10-16/h5-7,9-14H,2-4,8,15H2,1H3. The van der Waals surface area contributed by atoms with Crippen LogP contribution in [0.1, 0.15) is 43.0 Å². The number of ether oxygens (including phenoxy) is 2. The van der Waals surface area contributed by atoms with E-state index >= 15 is 0 Å². The van der Waals surface area contributed by atoms with Crippen LogP contribution >= 0.6 is 0 Å². The van der Waals surface area contributed by atoms with Crippen LogP contribution in [0.4, 0.5) is 0 Å². The number of hydrogen-bond donors (Lipinski definition) is 0. The van der Waals surface area contributed by atoms with E-state index in [0.29, 0.717) is 11.3 Å². The van der Waals surface area contributed by atoms with Crippen molar-refractivity contribution >= 4 is 5.97 Å². The van der Waals surface area contributed by atoms with Crippen molar-refractivity contribution in [1.82, 2.24) is 0 Å². The van der Waals surface area contributed by atoms with E-state index in [-0.39, 0.29) is 5.97 Å². The second kappa shape index (κ2) is 8.88. The van der Waals surface area contributed by atoms with Crippen molar-refractivity contribution in [2.45, 2.75) is 32.6 Å². The lowest BCUT2D eigenvalue weighted by atomic mass is 10.2. The van der Waals surface area contributed by atoms with Crippen molar-refractivity contribution in [2.75, 3.05) is 6.61 Å². The van der Waals surface area contributed by atoms with Crippen LogP contribution in [0.5, 0.6) is 11.5 Å². The quantitative estimate of drug-likeness (QED) is 0.396. The molecule has 0 saturated carbocycles. The van der Waals surface area contributed by atoms with Crippen molar-refractivity contribution in [3.05, 3.63) is 60.2 Å². The number of carbonyl (C=O) groups excluding carboxylic acids is 1. The lowest BCUT2D eigenvalue weighted by Crippen LogP contribution is -2.08. The number of hydrogen-bond acceptors (Lipinski definition) is 3. The first kappa shape index (κ1) is 16.1. The molecule has 0 aliphatic carbocycles. The predicted molar refractivity (Wildman–Crippen MR) is 87.5 cm³/mol. The van der Waals surface area contributed by atoms with Crippen LogP contribution in [0, 0.1) is 0 Å². The number of carbonyl (C=O) groups is 1. The maximum absolute atomic E-state index is 11.9. The average Bonchev–Trinajstić information content (AvgIpc) is 2.57. The fourth-order valence-electron chi connectivity index (χ4n) is 2.06. The molecule has 0 radical (unpaired) electrons. The molecule has 0 fully saturated rings. The first-order chi connectivity index (χ1) is 10.8. The summed E-state index contributed by atoms with van der Waals surface area (Å²) in [7, 11) is 0. The average molecular weight is 298 g/mol. The first-order valence-electron chi connectivity index (χ1n) is 7.79. The Balaban J connectivity index is 1.80. The van der Waals surface area contributed by atoms with Gasteiger partial charge in [-0.1, -0.05) is 44.4 Å². The van der Waals surface area contributed by atoms with Crippen molar-refractivity contribution in [2.24, 2.45) is 0 Å². The SMILES string of the molecule is CCCCCCOc1ccc(OC(=O)c2ccccc2)cc1. The summed E-state index contributed by atoms with van der Waals surface area (Å²) in [6, 6.07) is 16.1. The highest BCUT2D eigenvalue weighted by Gasteiger charge is 2.07. The van der Waals surface area contributed by atoms with E-state index in [4.69, 9.17) is 9.47 Å². The lowest BCUT2D eigenvalue weighted by molar-refractivity contribution is 0.0734. The van der Waals surface area contributed by atoms with Crippen LogP contribution in [0.2, 0.25) is 0 Å². The third-order valence-corrected chi connectivity index (χ3v) is 3.31. The molecular formula is C19H22O3. The highest BCUT2D eigenvalue weighted by atomic mass is 16.5. The van der Waals surface area contributed by atoms with Gasteiger partial charge in [0.1, 0.15) is 11.5 Å². The molecule has 22 heavy (non-hydrogen) atoms. The van der Waals surface area contributed by atoms with Gasteiger partial charge in [0.25, 0.3) is 0 Å². The molecule has 0 saturated heterocycles. The summed E-state index contributed by atoms with van der Waals surface area (Å²) in [5.74, 6) is 0.969. The second-order valence-corrected chi connectivity index (χ2v) is 5.14. The smallest absolute Gasteiger partial charge is 0.343 e. The van der Waals surface area contributed by atoms with Crippen molar-refractivity contribution in [3.8, 4) is 11.5 Å². The molecule has 0 aromatic heterocycles. The van der Waals surface area contributed by atoms with Gasteiger partial charge in [0.05, 0.1) is 12.2 Å². The third kappa shape index (κ3) is 5.24. The Morgan fingerprint density at radius 2 is 1.55 bits per heavy atom. The van der Waals surface area contributed by atoms with E-state index in [1.54, 1.807) is 24.3 Å². The van der Waals surface area contributed by atoms with E-state index in [9.17, 15) is 4.79 Å². The van der Waals surface area contributed by atoms with Crippen LogP contribution in [-0.4, -0.2) is 12.6 Å². The first-order valence-corrected chi connectivity index (χ1v) is 7.79. The minimum Gasteiger partial charge on any atom is -0.494 e. The largest absolute Gasteiger partial charge is 0.494 e. The predicted octanol–water partition coefficient (Wildman–Crippen LogP) is 4.86. The summed E-state index contributed by atoms with van der Waals surface area (Å²) in [4.78, 5) is 11.9. The van der Waals surface area contributed by atoms with Gasteiger partial charge in [-0.2, -0.15) is 0 Å². The van der Waals surface area contributed by atoms with Gasteiger partial charge in [-0.05, 0) is 42.8 Å². The third-order valence-electron chi connectivity index (χ3n) is 3.31. The monoisotopic (exact) mass is 298 g/mol. The van der Waals surface area contributed by atoms with Crippen LogP contribution in [0.15, 0.2) is 54.6 Å². The van der Waals surface area contributed by atoms with Gasteiger partial charge in [-0.25, -0.2) is 4.79 Å². The van der Waals surface area contributed by atoms with Gasteiger partial charge in [0.15, 0.2) is 0 Å². The topological polar surface area (TPSA) is 35.5 Å². The number of rotatable bonds is 8. The molecule has 0 bridgehead atoms. The summed E-state index contributed by atoms with van der Waals surface area (Å²) in [6.07, 6.45) is 4.74. The molecule has 2 aromatic carbocycles. The zero-order chi connectivity index (χ0) is 15.6. The van der Waals surface area contributed by atoms with E-state index in [1.807, 2.05) is 30.3 Å². The van der Waals surface area contributed by atoms with Gasteiger partial charge >= 0.3 is 5.97 Å². The molecular weight excluding hydrogens is 276 g/mol. The van der Waals surface area contributed by atoms with Crippen LogP contribution in [-0.2, 0) is 0 Å². The highest BCUT2D eigenvalue weighted by Crippen LogP contribution is 2.19. The van der Waals surface area contributed by atoms with Gasteiger partial charge in [0.2, 0.25) is 0 Å². The molecule has 0 unspecified atom stereocenters. The summed E-state index contributed by atoms with van der Waals surface area (Å²) in [6.45, 7) is 2.92. The van der Waals surface area contributed by atoms with E-state index in [0.717, 1.165) is 18.8 Å². The second-order valence-electron chi connectivity index (χ2n) is 5.14. The molecule has 2 aromatic rings. The molecule has 0 aliphatic heterocycles. The normalized spacial score (nSPS) is 10.2. The Morgan fingerprint density at radius 1 is 0.864 bits per heavy atom. The molecule has 3 nitrogen and oxygen atoms in total. The Kier molecular flexibility index (Phi) is 6.49. The maximum atomic E-state index is 11.9. The van der Waals surface area contributed by atoms with Gasteiger partial charge in [0, 0.05) is 0 Å². The number of unbranched alkanes of at least 4 members (excludes halogenated alkanes) is 3. The van der Waals surface area contributed by atoms with E-state index < -0.39 is 0 Å². The zero-order valence-corrected chi connectivity index (χ0v) is 13.0. The van der Waals surface area contributed by atoms with E-state index in [1.165, 1.54) is 19.3 Å². The molecule has 0 N–H and O–H groups in total. The van der Waals surface area contributed by atoms with Crippen molar-refractivity contribution in [1.29, 1.82) is 0 Å². The fraction of sp³-hybridized carbons (Fsp3) is 0.316. The van der Waals surface area contributed by atoms with Crippen LogP contribution < -0.4 is 9.47 Å². The number of benzene rings is 2. The minimum atomic E-state index is -0.353. The Morgan fingerprint density at radius 3 is 2.23 bits per heavy atom. The molecule has 0 spiro atoms. The van der Waals surface area contributed by atoms with Gasteiger partial charge in [-0.15, -0.1) is 0 Å². The molecule has 2 rings (SSSR count). The summed E-state index contributed by atoms with van der Waals surface area (Å²) in [5, 5.41) is 0. The summed E-state index contributed by atoms with van der Waals surface area (Å²) in [5.41, 5.74) is 0.541. The Hall–Kier alpha value is -2.29. The maximum Gasteiger partial charge on any atom is 0.343 e. The Bertz CT molecular complexity index is 561. The van der Waals surface area contributed by atoms with Gasteiger partial charge < -0.3 is 9.47 Å². The van der Waals surface area contributed by atoms with Crippen molar-refractivity contribution in [3.63, 3.8) is 0 Å². The molecule has 0 atom stereocenters. The van der Waals surface area contributed by atoms with Crippen molar-refractivity contribution < 1.29 is 14.3 Å². The molecule has 116 valence electrons. The summed E-state index contributed by atoms with van der Waals surface area (Å²) < 4.78 is 11.0. The van der Waals surface area contributed by atoms with Crippen LogP contribution in [0.3, 0.4) is 0 Å². The fourth-order valence-corrected chi connectivity index (χ4v) is 2.06. The molecule has 0 amide bonds. The molecule has 0 heterocycles. The van der Waals surface area contributed by atoms with Gasteiger partial charge in [-0.3, -0.25) is 0 Å². The lowest BCUT2D eigenvalue weighted by Gasteiger charge is -2.07. The van der Waals surface area contributed by atoms with E-state index in [2.05, 4.69) is 6.92 Å². The highest BCUT2D eigenvalue weighted by molar-refractivity contribution is 5.90. The molecule has 0 aliphatic rings. The van der Waals surface area contributed by atoms with Crippen LogP contribution in [0.25, 0.3) is 0 Å². The minimum absolute atomic E-state index is 0.353.